The molecule has 0 atom stereocenters. The molecule has 0 unspecified atom stereocenters. The maximum Gasteiger partial charge on any atom is 0.217 e. The van der Waals surface area contributed by atoms with Crippen LogP contribution >= 0.6 is 0 Å². The average Bonchev–Trinajstić information content (AvgIpc) is 2.83. The van der Waals surface area contributed by atoms with E-state index in [0.29, 0.717) is 23.6 Å². The smallest absolute Gasteiger partial charge is 0.217 e. The van der Waals surface area contributed by atoms with Crippen LogP contribution in [0.25, 0.3) is 11.1 Å². The minimum absolute atomic E-state index is 0.126. The Morgan fingerprint density at radius 1 is 1.43 bits per heavy atom. The van der Waals surface area contributed by atoms with Crippen LogP contribution in [0, 0.1) is 23.8 Å². The van der Waals surface area contributed by atoms with Gasteiger partial charge in [-0.2, -0.15) is 10.4 Å². The SMILES string of the molecule is N#Cc1ccc(-c2cnn([CH]C3CCC3)c2O)c(CN)c1. The fourth-order valence-electron chi connectivity index (χ4n) is 2.54. The topological polar surface area (TPSA) is 87.9 Å². The van der Waals surface area contributed by atoms with Crippen LogP contribution in [0.3, 0.4) is 0 Å². The monoisotopic (exact) mass is 281 g/mol. The summed E-state index contributed by atoms with van der Waals surface area (Å²) in [6.45, 7) is 2.27. The van der Waals surface area contributed by atoms with Crippen LogP contribution in [-0.4, -0.2) is 14.9 Å². The lowest BCUT2D eigenvalue weighted by atomic mass is 9.85. The molecule has 3 N–H and O–H groups in total. The van der Waals surface area contributed by atoms with Gasteiger partial charge in [0.25, 0.3) is 0 Å². The number of nitrogens with two attached hydrogens (primary N) is 1. The van der Waals surface area contributed by atoms with E-state index in [1.165, 1.54) is 11.1 Å². The molecule has 5 nitrogen and oxygen atoms in total. The highest BCUT2D eigenvalue weighted by atomic mass is 16.3. The average molecular weight is 281 g/mol. The molecule has 1 heterocycles. The van der Waals surface area contributed by atoms with Crippen LogP contribution in [-0.2, 0) is 6.54 Å². The molecule has 2 aromatic rings. The zero-order valence-electron chi connectivity index (χ0n) is 11.7. The number of nitrogens with zero attached hydrogens (tertiary/aromatic N) is 3. The summed E-state index contributed by atoms with van der Waals surface area (Å²) in [7, 11) is 0. The van der Waals surface area contributed by atoms with Crippen molar-refractivity contribution in [1.82, 2.24) is 9.78 Å². The second-order valence-corrected chi connectivity index (χ2v) is 5.35. The number of rotatable bonds is 4. The third kappa shape index (κ3) is 2.50. The Bertz CT molecular complexity index is 695. The summed E-state index contributed by atoms with van der Waals surface area (Å²) in [6, 6.07) is 7.38. The van der Waals surface area contributed by atoms with Crippen molar-refractivity contribution >= 4 is 0 Å². The van der Waals surface area contributed by atoms with Gasteiger partial charge in [-0.1, -0.05) is 12.5 Å². The van der Waals surface area contributed by atoms with E-state index < -0.39 is 0 Å². The molecular formula is C16H17N4O. The van der Waals surface area contributed by atoms with E-state index in [9.17, 15) is 5.11 Å². The maximum atomic E-state index is 10.4. The van der Waals surface area contributed by atoms with Gasteiger partial charge in [-0.3, -0.25) is 0 Å². The summed E-state index contributed by atoms with van der Waals surface area (Å²) in [6.07, 6.45) is 5.19. The third-order valence-electron chi connectivity index (χ3n) is 4.02. The molecule has 1 saturated carbocycles. The maximum absolute atomic E-state index is 10.4. The van der Waals surface area contributed by atoms with Crippen molar-refractivity contribution in [2.24, 2.45) is 11.7 Å². The highest BCUT2D eigenvalue weighted by molar-refractivity contribution is 5.72. The van der Waals surface area contributed by atoms with Crippen molar-refractivity contribution in [2.75, 3.05) is 0 Å². The van der Waals surface area contributed by atoms with Gasteiger partial charge in [0.1, 0.15) is 0 Å². The molecule has 0 bridgehead atoms. The number of hydrogen-bond acceptors (Lipinski definition) is 4. The van der Waals surface area contributed by atoms with Gasteiger partial charge in [-0.05, 0) is 42.0 Å². The summed E-state index contributed by atoms with van der Waals surface area (Å²) >= 11 is 0. The van der Waals surface area contributed by atoms with Gasteiger partial charge in [-0.25, -0.2) is 4.68 Å². The van der Waals surface area contributed by atoms with Crippen LogP contribution in [0.15, 0.2) is 24.4 Å². The quantitative estimate of drug-likeness (QED) is 0.900. The van der Waals surface area contributed by atoms with Crippen molar-refractivity contribution in [2.45, 2.75) is 25.8 Å². The van der Waals surface area contributed by atoms with Gasteiger partial charge >= 0.3 is 0 Å². The van der Waals surface area contributed by atoms with E-state index >= 15 is 0 Å². The number of aromatic nitrogens is 2. The molecule has 0 saturated heterocycles. The molecule has 0 amide bonds. The fraction of sp³-hybridized carbons (Fsp3) is 0.312. The third-order valence-corrected chi connectivity index (χ3v) is 4.02. The van der Waals surface area contributed by atoms with Gasteiger partial charge in [0, 0.05) is 6.54 Å². The van der Waals surface area contributed by atoms with Gasteiger partial charge in [-0.15, -0.1) is 0 Å². The van der Waals surface area contributed by atoms with E-state index in [1.54, 1.807) is 18.3 Å². The fourth-order valence-corrected chi connectivity index (χ4v) is 2.54. The lowest BCUT2D eigenvalue weighted by molar-refractivity contribution is 0.325. The Morgan fingerprint density at radius 2 is 2.24 bits per heavy atom. The second-order valence-electron chi connectivity index (χ2n) is 5.35. The molecule has 1 aliphatic rings. The first kappa shape index (κ1) is 13.7. The molecule has 1 fully saturated rings. The highest BCUT2D eigenvalue weighted by Crippen LogP contribution is 2.35. The van der Waals surface area contributed by atoms with Crippen molar-refractivity contribution in [1.29, 1.82) is 5.26 Å². The Balaban J connectivity index is 1.95. The van der Waals surface area contributed by atoms with Gasteiger partial charge in [0.05, 0.1) is 29.9 Å². The largest absolute Gasteiger partial charge is 0.493 e. The summed E-state index contributed by atoms with van der Waals surface area (Å²) in [4.78, 5) is 0. The van der Waals surface area contributed by atoms with Crippen molar-refractivity contribution < 1.29 is 5.11 Å². The minimum Gasteiger partial charge on any atom is -0.493 e. The number of benzene rings is 1. The van der Waals surface area contributed by atoms with Crippen molar-refractivity contribution in [3.8, 4) is 23.1 Å². The number of nitriles is 1. The van der Waals surface area contributed by atoms with Crippen molar-refractivity contribution in [3.63, 3.8) is 0 Å². The summed E-state index contributed by atoms with van der Waals surface area (Å²) < 4.78 is 1.54. The van der Waals surface area contributed by atoms with Crippen LogP contribution in [0.2, 0.25) is 0 Å². The molecule has 1 radical (unpaired) electrons. The van der Waals surface area contributed by atoms with Gasteiger partial charge in [0.2, 0.25) is 5.88 Å². The van der Waals surface area contributed by atoms with E-state index in [2.05, 4.69) is 11.2 Å². The predicted octanol–water partition coefficient (Wildman–Crippen LogP) is 2.40. The molecule has 1 aromatic carbocycles. The van der Waals surface area contributed by atoms with E-state index in [-0.39, 0.29) is 5.88 Å². The Hall–Kier alpha value is -2.32. The molecule has 0 spiro atoms. The molecule has 107 valence electrons. The zero-order valence-corrected chi connectivity index (χ0v) is 11.7. The zero-order chi connectivity index (χ0) is 14.8. The van der Waals surface area contributed by atoms with Crippen LogP contribution < -0.4 is 5.73 Å². The summed E-state index contributed by atoms with van der Waals surface area (Å²) in [5.41, 5.74) is 8.61. The van der Waals surface area contributed by atoms with E-state index in [4.69, 9.17) is 11.0 Å². The second kappa shape index (κ2) is 5.58. The van der Waals surface area contributed by atoms with E-state index in [1.807, 2.05) is 12.6 Å². The Morgan fingerprint density at radius 3 is 2.86 bits per heavy atom. The van der Waals surface area contributed by atoms with Crippen LogP contribution in [0.1, 0.15) is 30.4 Å². The Kier molecular flexibility index (Phi) is 3.63. The number of hydrogen-bond donors (Lipinski definition) is 2. The van der Waals surface area contributed by atoms with Gasteiger partial charge < -0.3 is 10.8 Å². The molecular weight excluding hydrogens is 264 g/mol. The van der Waals surface area contributed by atoms with Gasteiger partial charge in [0.15, 0.2) is 0 Å². The standard InChI is InChI=1S/C16H17N4O/c17-7-12-4-5-14(13(6-12)8-18)15-9-19-20(16(15)21)10-11-2-1-3-11/h4-6,9-11,21H,1-3,8,18H2. The molecule has 0 aliphatic heterocycles. The molecule has 21 heavy (non-hydrogen) atoms. The lowest BCUT2D eigenvalue weighted by Crippen LogP contribution is -2.16. The molecule has 1 aliphatic carbocycles. The minimum atomic E-state index is 0.126. The van der Waals surface area contributed by atoms with E-state index in [0.717, 1.165) is 24.0 Å². The lowest BCUT2D eigenvalue weighted by Gasteiger charge is -2.24. The first-order chi connectivity index (χ1) is 10.2. The Labute approximate surface area is 123 Å². The highest BCUT2D eigenvalue weighted by Gasteiger charge is 2.22. The normalized spacial score (nSPS) is 14.7. The molecule has 5 heteroatoms. The molecule has 3 rings (SSSR count). The van der Waals surface area contributed by atoms with Crippen molar-refractivity contribution in [3.05, 3.63) is 42.1 Å². The summed E-state index contributed by atoms with van der Waals surface area (Å²) in [5, 5.41) is 23.5. The molecule has 1 aromatic heterocycles. The first-order valence-corrected chi connectivity index (χ1v) is 7.08. The number of aromatic hydroxyl groups is 1. The summed E-state index contributed by atoms with van der Waals surface area (Å²) in [5.74, 6) is 0.625. The van der Waals surface area contributed by atoms with Crippen LogP contribution in [0.4, 0.5) is 0 Å². The predicted molar refractivity (Wildman–Crippen MR) is 79.0 cm³/mol. The first-order valence-electron chi connectivity index (χ1n) is 7.08. The van der Waals surface area contributed by atoms with Crippen LogP contribution in [0.5, 0.6) is 5.88 Å².